The average Bonchev–Trinajstić information content (AvgIpc) is 3.00. The Hall–Kier alpha value is -2.94. The summed E-state index contributed by atoms with van der Waals surface area (Å²) in [6, 6.07) is 10.6. The number of nitrogens with two attached hydrogens (primary N) is 2. The fourth-order valence-electron chi connectivity index (χ4n) is 2.67. The smallest absolute Gasteiger partial charge is 0.164 e. The highest BCUT2D eigenvalue weighted by molar-refractivity contribution is 6.33. The van der Waals surface area contributed by atoms with Crippen LogP contribution < -0.4 is 11.7 Å². The zero-order valence-electron chi connectivity index (χ0n) is 14.2. The molecular weight excluding hydrogens is 374 g/mol. The SMILES string of the molecule is Cn1c(-c2ccccc2Cl)nc2cnc(-c3ccc(F)cc3F)nc21.NN. The van der Waals surface area contributed by atoms with Gasteiger partial charge in [0.05, 0.1) is 16.8 Å². The van der Waals surface area contributed by atoms with Gasteiger partial charge in [0.15, 0.2) is 11.5 Å². The number of hydrazine groups is 1. The molecular formula is C18H15ClF2N6. The standard InChI is InChI=1S/C18H11ClF2N4.H4N2/c1-25-17(11-4-2-3-5-13(11)19)23-15-9-22-16(24-18(15)25)12-7-6-10(20)8-14(12)21;1-2/h2-9H,1H3;1-2H2. The number of aryl methyl sites for hydroxylation is 1. The van der Waals surface area contributed by atoms with E-state index in [1.54, 1.807) is 17.7 Å². The topological polar surface area (TPSA) is 95.6 Å². The summed E-state index contributed by atoms with van der Waals surface area (Å²) in [4.78, 5) is 13.1. The molecule has 0 amide bonds. The molecule has 6 nitrogen and oxygen atoms in total. The molecule has 27 heavy (non-hydrogen) atoms. The Labute approximate surface area is 158 Å². The Balaban J connectivity index is 0.00000102. The van der Waals surface area contributed by atoms with Gasteiger partial charge in [-0.2, -0.15) is 0 Å². The van der Waals surface area contributed by atoms with E-state index in [-0.39, 0.29) is 11.4 Å². The molecule has 2 heterocycles. The van der Waals surface area contributed by atoms with Crippen LogP contribution in [0.4, 0.5) is 8.78 Å². The summed E-state index contributed by atoms with van der Waals surface area (Å²) >= 11 is 6.25. The van der Waals surface area contributed by atoms with E-state index in [0.29, 0.717) is 22.0 Å². The lowest BCUT2D eigenvalue weighted by Crippen LogP contribution is -2.02. The number of halogens is 3. The molecule has 0 saturated heterocycles. The molecule has 0 radical (unpaired) electrons. The first-order valence-electron chi connectivity index (χ1n) is 7.77. The second kappa shape index (κ2) is 7.75. The predicted molar refractivity (Wildman–Crippen MR) is 100 cm³/mol. The normalized spacial score (nSPS) is 10.6. The molecule has 0 atom stereocenters. The van der Waals surface area contributed by atoms with Crippen LogP contribution in [0.3, 0.4) is 0 Å². The Kier molecular flexibility index (Phi) is 5.41. The van der Waals surface area contributed by atoms with E-state index in [0.717, 1.165) is 11.6 Å². The lowest BCUT2D eigenvalue weighted by molar-refractivity contribution is 0.585. The quantitative estimate of drug-likeness (QED) is 0.405. The first-order valence-corrected chi connectivity index (χ1v) is 8.15. The van der Waals surface area contributed by atoms with Crippen LogP contribution in [0.5, 0.6) is 0 Å². The number of hydrogen-bond donors (Lipinski definition) is 2. The fourth-order valence-corrected chi connectivity index (χ4v) is 2.89. The van der Waals surface area contributed by atoms with Crippen molar-refractivity contribution in [1.82, 2.24) is 19.5 Å². The molecule has 0 spiro atoms. The van der Waals surface area contributed by atoms with Crippen molar-refractivity contribution in [2.75, 3.05) is 0 Å². The Morgan fingerprint density at radius 2 is 1.74 bits per heavy atom. The zero-order valence-corrected chi connectivity index (χ0v) is 15.0. The first-order chi connectivity index (χ1) is 13.0. The molecule has 0 aliphatic carbocycles. The van der Waals surface area contributed by atoms with E-state index in [1.807, 2.05) is 18.2 Å². The Bertz CT molecular complexity index is 1110. The van der Waals surface area contributed by atoms with E-state index in [4.69, 9.17) is 11.6 Å². The van der Waals surface area contributed by atoms with Gasteiger partial charge >= 0.3 is 0 Å². The van der Waals surface area contributed by atoms with E-state index in [9.17, 15) is 8.78 Å². The van der Waals surface area contributed by atoms with Crippen molar-refractivity contribution in [1.29, 1.82) is 0 Å². The number of rotatable bonds is 2. The van der Waals surface area contributed by atoms with Crippen LogP contribution in [-0.4, -0.2) is 19.5 Å². The van der Waals surface area contributed by atoms with Crippen LogP contribution in [0.15, 0.2) is 48.7 Å². The second-order valence-corrected chi connectivity index (χ2v) is 5.91. The number of nitrogens with zero attached hydrogens (tertiary/aromatic N) is 4. The number of aromatic nitrogens is 4. The number of benzene rings is 2. The first kappa shape index (κ1) is 18.8. The molecule has 0 aliphatic heterocycles. The predicted octanol–water partition coefficient (Wildman–Crippen LogP) is 3.45. The number of fused-ring (bicyclic) bond motifs is 1. The highest BCUT2D eigenvalue weighted by Crippen LogP contribution is 2.29. The lowest BCUT2D eigenvalue weighted by atomic mass is 10.2. The molecule has 0 fully saturated rings. The van der Waals surface area contributed by atoms with Gasteiger partial charge in [-0.1, -0.05) is 23.7 Å². The van der Waals surface area contributed by atoms with Crippen molar-refractivity contribution >= 4 is 22.8 Å². The molecule has 138 valence electrons. The van der Waals surface area contributed by atoms with Crippen LogP contribution in [0.25, 0.3) is 33.9 Å². The monoisotopic (exact) mass is 388 g/mol. The highest BCUT2D eigenvalue weighted by atomic mass is 35.5. The van der Waals surface area contributed by atoms with Gasteiger partial charge in [0.2, 0.25) is 0 Å². The van der Waals surface area contributed by atoms with Gasteiger partial charge in [-0.05, 0) is 24.3 Å². The molecule has 2 aromatic carbocycles. The molecule has 0 aliphatic rings. The largest absolute Gasteiger partial charge is 0.312 e. The van der Waals surface area contributed by atoms with Crippen LogP contribution in [-0.2, 0) is 7.05 Å². The molecule has 4 N–H and O–H groups in total. The summed E-state index contributed by atoms with van der Waals surface area (Å²) < 4.78 is 28.9. The van der Waals surface area contributed by atoms with Crippen LogP contribution in [0.2, 0.25) is 5.02 Å². The van der Waals surface area contributed by atoms with E-state index in [1.165, 1.54) is 18.3 Å². The molecule has 9 heteroatoms. The van der Waals surface area contributed by atoms with Crippen molar-refractivity contribution in [2.24, 2.45) is 18.7 Å². The molecule has 0 saturated carbocycles. The summed E-state index contributed by atoms with van der Waals surface area (Å²) in [6.07, 6.45) is 1.51. The van der Waals surface area contributed by atoms with Gasteiger partial charge in [-0.3, -0.25) is 11.7 Å². The maximum Gasteiger partial charge on any atom is 0.164 e. The maximum atomic E-state index is 14.0. The Morgan fingerprint density at radius 3 is 2.44 bits per heavy atom. The van der Waals surface area contributed by atoms with Gasteiger partial charge in [0.1, 0.15) is 23.0 Å². The fraction of sp³-hybridized carbons (Fsp3) is 0.0556. The third-order valence-corrected chi connectivity index (χ3v) is 4.23. The van der Waals surface area contributed by atoms with Gasteiger partial charge < -0.3 is 4.57 Å². The number of hydrogen-bond acceptors (Lipinski definition) is 5. The summed E-state index contributed by atoms with van der Waals surface area (Å²) in [5, 5.41) is 0.568. The van der Waals surface area contributed by atoms with Crippen LogP contribution >= 0.6 is 11.6 Å². The maximum absolute atomic E-state index is 14.0. The number of imidazole rings is 1. The van der Waals surface area contributed by atoms with Crippen molar-refractivity contribution in [3.63, 3.8) is 0 Å². The lowest BCUT2D eigenvalue weighted by Gasteiger charge is -2.05. The van der Waals surface area contributed by atoms with Crippen LogP contribution in [0, 0.1) is 11.6 Å². The van der Waals surface area contributed by atoms with Crippen molar-refractivity contribution < 1.29 is 8.78 Å². The minimum atomic E-state index is -0.715. The van der Waals surface area contributed by atoms with Crippen molar-refractivity contribution in [2.45, 2.75) is 0 Å². The minimum absolute atomic E-state index is 0.129. The summed E-state index contributed by atoms with van der Waals surface area (Å²) in [6.45, 7) is 0. The summed E-state index contributed by atoms with van der Waals surface area (Å²) in [5.41, 5.74) is 1.98. The van der Waals surface area contributed by atoms with Gasteiger partial charge in [0, 0.05) is 18.7 Å². The third kappa shape index (κ3) is 3.50. The van der Waals surface area contributed by atoms with E-state index < -0.39 is 11.6 Å². The molecule has 4 rings (SSSR count). The summed E-state index contributed by atoms with van der Waals surface area (Å²) in [5.74, 6) is 7.43. The third-order valence-electron chi connectivity index (χ3n) is 3.90. The highest BCUT2D eigenvalue weighted by Gasteiger charge is 2.16. The van der Waals surface area contributed by atoms with E-state index in [2.05, 4.69) is 26.6 Å². The second-order valence-electron chi connectivity index (χ2n) is 5.50. The molecule has 4 aromatic rings. The summed E-state index contributed by atoms with van der Waals surface area (Å²) in [7, 11) is 1.80. The zero-order chi connectivity index (χ0) is 19.6. The van der Waals surface area contributed by atoms with Crippen molar-refractivity contribution in [3.8, 4) is 22.8 Å². The van der Waals surface area contributed by atoms with Crippen LogP contribution in [0.1, 0.15) is 0 Å². The minimum Gasteiger partial charge on any atom is -0.312 e. The Morgan fingerprint density at radius 1 is 1.00 bits per heavy atom. The average molecular weight is 389 g/mol. The van der Waals surface area contributed by atoms with Crippen molar-refractivity contribution in [3.05, 3.63) is 65.3 Å². The molecule has 0 unspecified atom stereocenters. The molecule has 0 bridgehead atoms. The van der Waals surface area contributed by atoms with Gasteiger partial charge in [-0.15, -0.1) is 0 Å². The van der Waals surface area contributed by atoms with Gasteiger partial charge in [-0.25, -0.2) is 23.7 Å². The molecule has 2 aromatic heterocycles. The van der Waals surface area contributed by atoms with E-state index >= 15 is 0 Å². The van der Waals surface area contributed by atoms with Gasteiger partial charge in [0.25, 0.3) is 0 Å².